The van der Waals surface area contributed by atoms with Crippen LogP contribution in [0.3, 0.4) is 0 Å². The predicted molar refractivity (Wildman–Crippen MR) is 130 cm³/mol. The number of aliphatic carboxylic acids is 1. The van der Waals surface area contributed by atoms with Gasteiger partial charge >= 0.3 is 5.97 Å². The molecule has 0 unspecified atom stereocenters. The van der Waals surface area contributed by atoms with Crippen molar-refractivity contribution in [2.45, 2.75) is 19.9 Å². The van der Waals surface area contributed by atoms with Gasteiger partial charge in [0, 0.05) is 6.04 Å². The molecule has 1 amide bonds. The number of nitrogens with zero attached hydrogens (tertiary/aromatic N) is 2. The summed E-state index contributed by atoms with van der Waals surface area (Å²) in [4.78, 5) is 30.8. The number of amides is 1. The minimum Gasteiger partial charge on any atom is -0.493 e. The van der Waals surface area contributed by atoms with Crippen molar-refractivity contribution in [2.75, 3.05) is 13.7 Å². The Hall–Kier alpha value is -2.53. The van der Waals surface area contributed by atoms with E-state index in [0.717, 1.165) is 11.3 Å². The van der Waals surface area contributed by atoms with E-state index in [4.69, 9.17) is 14.6 Å². The third-order valence-electron chi connectivity index (χ3n) is 4.22. The zero-order valence-electron chi connectivity index (χ0n) is 17.2. The molecule has 9 heteroatoms. The summed E-state index contributed by atoms with van der Waals surface area (Å²) < 4.78 is 11.4. The lowest BCUT2D eigenvalue weighted by Gasteiger charge is -2.19. The number of aliphatic imine (C=N–C) groups is 1. The third kappa shape index (κ3) is 5.59. The predicted octanol–water partition coefficient (Wildman–Crippen LogP) is 4.78. The van der Waals surface area contributed by atoms with Crippen LogP contribution in [-0.2, 0) is 9.59 Å². The van der Waals surface area contributed by atoms with E-state index in [1.807, 2.05) is 50.2 Å². The highest BCUT2D eigenvalue weighted by atomic mass is 127. The van der Waals surface area contributed by atoms with Crippen LogP contribution in [0.5, 0.6) is 11.5 Å². The molecular weight excluding hydrogens is 531 g/mol. The number of methoxy groups -OCH3 is 1. The summed E-state index contributed by atoms with van der Waals surface area (Å²) in [5.74, 6) is -0.437. The molecule has 0 saturated carbocycles. The summed E-state index contributed by atoms with van der Waals surface area (Å²) >= 11 is 3.37. The van der Waals surface area contributed by atoms with E-state index in [2.05, 4.69) is 27.6 Å². The van der Waals surface area contributed by atoms with Crippen LogP contribution < -0.4 is 9.47 Å². The van der Waals surface area contributed by atoms with Gasteiger partial charge in [0.15, 0.2) is 23.3 Å². The van der Waals surface area contributed by atoms with Crippen LogP contribution in [-0.4, -0.2) is 46.8 Å². The number of hydrogen-bond donors (Lipinski definition) is 1. The fourth-order valence-electron chi connectivity index (χ4n) is 2.88. The maximum atomic E-state index is 13.1. The van der Waals surface area contributed by atoms with Gasteiger partial charge in [-0.3, -0.25) is 9.69 Å². The molecule has 31 heavy (non-hydrogen) atoms. The highest BCUT2D eigenvalue weighted by molar-refractivity contribution is 14.1. The summed E-state index contributed by atoms with van der Waals surface area (Å²) in [5.41, 5.74) is 1.52. The number of carboxylic acid groups (broad SMARTS) is 1. The van der Waals surface area contributed by atoms with Gasteiger partial charge in [-0.25, -0.2) is 9.79 Å². The van der Waals surface area contributed by atoms with Crippen molar-refractivity contribution in [1.82, 2.24) is 4.90 Å². The van der Waals surface area contributed by atoms with E-state index in [1.54, 1.807) is 17.0 Å². The molecule has 1 aliphatic rings. The number of para-hydroxylation sites is 1. The highest BCUT2D eigenvalue weighted by Crippen LogP contribution is 2.38. The van der Waals surface area contributed by atoms with Crippen LogP contribution in [0.15, 0.2) is 52.4 Å². The molecule has 0 spiro atoms. The van der Waals surface area contributed by atoms with E-state index in [9.17, 15) is 9.59 Å². The average molecular weight is 552 g/mol. The summed E-state index contributed by atoms with van der Waals surface area (Å²) in [6.45, 7) is 3.43. The van der Waals surface area contributed by atoms with Crippen molar-refractivity contribution in [1.29, 1.82) is 0 Å². The second kappa shape index (κ2) is 10.2. The maximum absolute atomic E-state index is 13.1. The van der Waals surface area contributed by atoms with Gasteiger partial charge in [0.1, 0.15) is 0 Å². The van der Waals surface area contributed by atoms with Crippen molar-refractivity contribution >= 4 is 63.2 Å². The molecule has 1 heterocycles. The van der Waals surface area contributed by atoms with E-state index >= 15 is 0 Å². The van der Waals surface area contributed by atoms with Crippen LogP contribution in [0.1, 0.15) is 19.4 Å². The molecule has 2 aromatic carbocycles. The van der Waals surface area contributed by atoms with Crippen LogP contribution >= 0.6 is 34.4 Å². The average Bonchev–Trinajstić information content (AvgIpc) is 3.02. The monoisotopic (exact) mass is 552 g/mol. The van der Waals surface area contributed by atoms with Gasteiger partial charge in [-0.15, -0.1) is 0 Å². The van der Waals surface area contributed by atoms with Gasteiger partial charge in [-0.1, -0.05) is 18.2 Å². The van der Waals surface area contributed by atoms with E-state index < -0.39 is 12.6 Å². The molecule has 0 aliphatic carbocycles. The molecule has 0 radical (unpaired) electrons. The number of hydrogen-bond acceptors (Lipinski definition) is 6. The number of carboxylic acids is 1. The molecule has 7 nitrogen and oxygen atoms in total. The summed E-state index contributed by atoms with van der Waals surface area (Å²) in [6, 6.07) is 13.0. The minimum absolute atomic E-state index is 0.0465. The molecule has 3 rings (SSSR count). The largest absolute Gasteiger partial charge is 0.493 e. The molecule has 1 saturated heterocycles. The van der Waals surface area contributed by atoms with Gasteiger partial charge < -0.3 is 14.6 Å². The molecule has 1 fully saturated rings. The normalized spacial score (nSPS) is 16.4. The fraction of sp³-hybridized carbons (Fsp3) is 0.227. The van der Waals surface area contributed by atoms with Gasteiger partial charge in [0.05, 0.1) is 21.3 Å². The molecule has 0 bridgehead atoms. The second-order valence-electron chi connectivity index (χ2n) is 6.83. The minimum atomic E-state index is -1.07. The van der Waals surface area contributed by atoms with Gasteiger partial charge in [0.25, 0.3) is 5.91 Å². The first-order valence-electron chi connectivity index (χ1n) is 9.39. The third-order valence-corrected chi connectivity index (χ3v) is 6.01. The van der Waals surface area contributed by atoms with Crippen LogP contribution in [0.4, 0.5) is 5.69 Å². The fourth-order valence-corrected chi connectivity index (χ4v) is 4.78. The van der Waals surface area contributed by atoms with Crippen molar-refractivity contribution in [3.63, 3.8) is 0 Å². The Morgan fingerprint density at radius 1 is 1.29 bits per heavy atom. The lowest BCUT2D eigenvalue weighted by molar-refractivity contribution is -0.139. The molecule has 162 valence electrons. The van der Waals surface area contributed by atoms with Gasteiger partial charge in [0.2, 0.25) is 0 Å². The number of ether oxygens (including phenoxy) is 2. The second-order valence-corrected chi connectivity index (χ2v) is 9.00. The summed E-state index contributed by atoms with van der Waals surface area (Å²) in [7, 11) is 1.48. The number of thioether (sulfide) groups is 1. The van der Waals surface area contributed by atoms with E-state index in [0.29, 0.717) is 25.1 Å². The van der Waals surface area contributed by atoms with Crippen molar-refractivity contribution in [3.05, 3.63) is 56.5 Å². The number of carbonyl (C=O) groups is 2. The Morgan fingerprint density at radius 3 is 2.61 bits per heavy atom. The molecule has 0 aromatic heterocycles. The van der Waals surface area contributed by atoms with Crippen LogP contribution in [0.2, 0.25) is 0 Å². The smallest absolute Gasteiger partial charge is 0.341 e. The zero-order chi connectivity index (χ0) is 22.5. The van der Waals surface area contributed by atoms with Crippen molar-refractivity contribution in [2.24, 2.45) is 4.99 Å². The molecule has 1 aliphatic heterocycles. The number of carbonyl (C=O) groups excluding carboxylic acids is 1. The van der Waals surface area contributed by atoms with Crippen LogP contribution in [0.25, 0.3) is 6.08 Å². The first kappa shape index (κ1) is 23.1. The van der Waals surface area contributed by atoms with Gasteiger partial charge in [-0.2, -0.15) is 0 Å². The lowest BCUT2D eigenvalue weighted by Crippen LogP contribution is -2.35. The zero-order valence-corrected chi connectivity index (χ0v) is 20.1. The standard InChI is InChI=1S/C22H21IN2O5S/c1-13(2)25-21(28)18(31-22(25)24-15-7-5-4-6-8-15)11-14-9-16(23)20(17(10-14)29-3)30-12-19(26)27/h4-11,13H,12H2,1-3H3,(H,26,27)/b18-11+,24-22?. The SMILES string of the molecule is COc1cc(/C=C2/SC(=Nc3ccccc3)N(C(C)C)C2=O)cc(I)c1OCC(=O)O. The number of rotatable bonds is 7. The molecule has 2 aromatic rings. The first-order valence-corrected chi connectivity index (χ1v) is 11.3. The Labute approximate surface area is 198 Å². The Bertz CT molecular complexity index is 1050. The number of benzene rings is 2. The van der Waals surface area contributed by atoms with Crippen molar-refractivity contribution in [3.8, 4) is 11.5 Å². The Balaban J connectivity index is 1.95. The topological polar surface area (TPSA) is 88.4 Å². The molecular formula is C22H21IN2O5S. The molecule has 1 N–H and O–H groups in total. The van der Waals surface area contributed by atoms with Crippen LogP contribution in [0, 0.1) is 3.57 Å². The van der Waals surface area contributed by atoms with Crippen molar-refractivity contribution < 1.29 is 24.2 Å². The number of amidine groups is 1. The highest BCUT2D eigenvalue weighted by Gasteiger charge is 2.35. The molecule has 0 atom stereocenters. The summed E-state index contributed by atoms with van der Waals surface area (Å²) in [6.07, 6.45) is 1.78. The Kier molecular flexibility index (Phi) is 7.60. The number of halogens is 1. The quantitative estimate of drug-likeness (QED) is 0.393. The van der Waals surface area contributed by atoms with E-state index in [-0.39, 0.29) is 11.9 Å². The maximum Gasteiger partial charge on any atom is 0.341 e. The van der Waals surface area contributed by atoms with E-state index in [1.165, 1.54) is 18.9 Å². The summed E-state index contributed by atoms with van der Waals surface area (Å²) in [5, 5.41) is 9.49. The first-order chi connectivity index (χ1) is 14.8. The Morgan fingerprint density at radius 2 is 2.00 bits per heavy atom. The van der Waals surface area contributed by atoms with Gasteiger partial charge in [-0.05, 0) is 84.1 Å². The lowest BCUT2D eigenvalue weighted by atomic mass is 10.1.